The molecule has 0 unspecified atom stereocenters. The first-order valence-electron chi connectivity index (χ1n) is 9.56. The molecule has 2 rings (SSSR count). The van der Waals surface area contributed by atoms with E-state index in [4.69, 9.17) is 24.7 Å². The van der Waals surface area contributed by atoms with Crippen molar-refractivity contribution in [3.8, 4) is 23.0 Å². The number of ether oxygens (including phenoxy) is 4. The van der Waals surface area contributed by atoms with Gasteiger partial charge in [0.1, 0.15) is 11.5 Å². The molecule has 0 atom stereocenters. The minimum atomic E-state index is -0.0922. The van der Waals surface area contributed by atoms with Crippen LogP contribution >= 0.6 is 0 Å². The second-order valence-corrected chi connectivity index (χ2v) is 6.39. The van der Waals surface area contributed by atoms with Gasteiger partial charge in [0.2, 0.25) is 0 Å². The van der Waals surface area contributed by atoms with E-state index < -0.39 is 0 Å². The molecule has 0 saturated heterocycles. The largest absolute Gasteiger partial charge is 0.497 e. The van der Waals surface area contributed by atoms with Crippen LogP contribution in [0.3, 0.4) is 0 Å². The molecular formula is C23H29NO5. The summed E-state index contributed by atoms with van der Waals surface area (Å²) in [6.07, 6.45) is 3.24. The van der Waals surface area contributed by atoms with Crippen LogP contribution in [-0.2, 0) is 0 Å². The van der Waals surface area contributed by atoms with Crippen LogP contribution < -0.4 is 24.7 Å². The standard InChI is InChI=1S/C23H29NO5/c1-6-8-15(22(25)16-9-10-20(29-7-2)19(24)13-16)11-17-12-18(26-3)14-21(27-4)23(17)28-5/h9-14H,6-8,24H2,1-5H3/b15-11+. The highest BCUT2D eigenvalue weighted by molar-refractivity contribution is 6.12. The molecule has 0 amide bonds. The summed E-state index contributed by atoms with van der Waals surface area (Å²) in [5.74, 6) is 2.17. The summed E-state index contributed by atoms with van der Waals surface area (Å²) in [5.41, 5.74) is 8.35. The summed E-state index contributed by atoms with van der Waals surface area (Å²) in [6, 6.07) is 8.67. The third-order valence-electron chi connectivity index (χ3n) is 4.43. The SMILES string of the molecule is CCC/C(=C\c1cc(OC)cc(OC)c1OC)C(=O)c1ccc(OCC)c(N)c1. The molecule has 2 aromatic rings. The third kappa shape index (κ3) is 5.22. The molecule has 0 radical (unpaired) electrons. The fraction of sp³-hybridized carbons (Fsp3) is 0.348. The van der Waals surface area contributed by atoms with Gasteiger partial charge in [0.05, 0.1) is 33.6 Å². The molecule has 0 spiro atoms. The second kappa shape index (κ2) is 10.4. The zero-order valence-corrected chi connectivity index (χ0v) is 17.7. The van der Waals surface area contributed by atoms with E-state index in [-0.39, 0.29) is 5.78 Å². The number of rotatable bonds is 10. The highest BCUT2D eigenvalue weighted by Gasteiger charge is 2.17. The van der Waals surface area contributed by atoms with Crippen LogP contribution in [0.25, 0.3) is 6.08 Å². The lowest BCUT2D eigenvalue weighted by Gasteiger charge is -2.14. The normalized spacial score (nSPS) is 11.1. The van der Waals surface area contributed by atoms with E-state index >= 15 is 0 Å². The Labute approximate surface area is 172 Å². The molecule has 0 aromatic heterocycles. The molecular weight excluding hydrogens is 370 g/mol. The number of ketones is 1. The molecule has 6 nitrogen and oxygen atoms in total. The van der Waals surface area contributed by atoms with Gasteiger partial charge in [-0.2, -0.15) is 0 Å². The fourth-order valence-electron chi connectivity index (χ4n) is 3.06. The first kappa shape index (κ1) is 22.1. The van der Waals surface area contributed by atoms with E-state index in [0.717, 1.165) is 6.42 Å². The maximum atomic E-state index is 13.2. The van der Waals surface area contributed by atoms with Crippen LogP contribution in [0.4, 0.5) is 5.69 Å². The monoisotopic (exact) mass is 399 g/mol. The summed E-state index contributed by atoms with van der Waals surface area (Å²) < 4.78 is 21.7. The molecule has 0 heterocycles. The first-order valence-corrected chi connectivity index (χ1v) is 9.56. The summed E-state index contributed by atoms with van der Waals surface area (Å²) in [7, 11) is 4.71. The number of benzene rings is 2. The van der Waals surface area contributed by atoms with Gasteiger partial charge >= 0.3 is 0 Å². The molecule has 0 saturated carbocycles. The lowest BCUT2D eigenvalue weighted by molar-refractivity contribution is 0.103. The van der Waals surface area contributed by atoms with E-state index in [9.17, 15) is 4.79 Å². The van der Waals surface area contributed by atoms with Gasteiger partial charge in [-0.15, -0.1) is 0 Å². The highest BCUT2D eigenvalue weighted by Crippen LogP contribution is 2.37. The van der Waals surface area contributed by atoms with Crippen molar-refractivity contribution in [1.82, 2.24) is 0 Å². The Balaban J connectivity index is 2.52. The molecule has 156 valence electrons. The molecule has 0 bridgehead atoms. The van der Waals surface area contributed by atoms with E-state index in [0.29, 0.717) is 58.4 Å². The van der Waals surface area contributed by atoms with Crippen molar-refractivity contribution < 1.29 is 23.7 Å². The van der Waals surface area contributed by atoms with Crippen LogP contribution in [0.2, 0.25) is 0 Å². The number of carbonyl (C=O) groups excluding carboxylic acids is 1. The Morgan fingerprint density at radius 2 is 1.76 bits per heavy atom. The summed E-state index contributed by atoms with van der Waals surface area (Å²) >= 11 is 0. The van der Waals surface area contributed by atoms with Crippen molar-refractivity contribution in [3.05, 3.63) is 47.0 Å². The third-order valence-corrected chi connectivity index (χ3v) is 4.43. The second-order valence-electron chi connectivity index (χ2n) is 6.39. The molecule has 0 fully saturated rings. The molecule has 0 aliphatic heterocycles. The first-order chi connectivity index (χ1) is 14.0. The van der Waals surface area contributed by atoms with E-state index in [2.05, 4.69) is 0 Å². The number of nitrogen functional groups attached to an aromatic ring is 1. The van der Waals surface area contributed by atoms with Gasteiger partial charge in [0.15, 0.2) is 17.3 Å². The lowest BCUT2D eigenvalue weighted by atomic mass is 9.96. The van der Waals surface area contributed by atoms with Gasteiger partial charge in [-0.25, -0.2) is 0 Å². The lowest BCUT2D eigenvalue weighted by Crippen LogP contribution is -2.06. The van der Waals surface area contributed by atoms with E-state index in [1.165, 1.54) is 0 Å². The zero-order chi connectivity index (χ0) is 21.4. The van der Waals surface area contributed by atoms with E-state index in [1.807, 2.05) is 26.0 Å². The highest BCUT2D eigenvalue weighted by atomic mass is 16.5. The van der Waals surface area contributed by atoms with Gasteiger partial charge < -0.3 is 24.7 Å². The minimum Gasteiger partial charge on any atom is -0.497 e. The van der Waals surface area contributed by atoms with Crippen LogP contribution in [0.5, 0.6) is 23.0 Å². The Hall–Kier alpha value is -3.15. The van der Waals surface area contributed by atoms with E-state index in [1.54, 1.807) is 45.6 Å². The Kier molecular flexibility index (Phi) is 7.95. The van der Waals surface area contributed by atoms with Crippen LogP contribution in [-0.4, -0.2) is 33.7 Å². The predicted octanol–water partition coefficient (Wildman–Crippen LogP) is 4.76. The molecule has 6 heteroatoms. The van der Waals surface area contributed by atoms with Crippen LogP contribution in [0.15, 0.2) is 35.9 Å². The van der Waals surface area contributed by atoms with Gasteiger partial charge in [-0.1, -0.05) is 13.3 Å². The number of allylic oxidation sites excluding steroid dienone is 1. The van der Waals surface area contributed by atoms with Gasteiger partial charge in [0, 0.05) is 22.8 Å². The number of Topliss-reactive ketones (excluding diaryl/α,β-unsaturated/α-hetero) is 1. The van der Waals surface area contributed by atoms with Gasteiger partial charge in [0.25, 0.3) is 0 Å². The number of methoxy groups -OCH3 is 3. The topological polar surface area (TPSA) is 80.0 Å². The van der Waals surface area contributed by atoms with Crippen molar-refractivity contribution in [3.63, 3.8) is 0 Å². The van der Waals surface area contributed by atoms with Crippen molar-refractivity contribution >= 4 is 17.5 Å². The summed E-state index contributed by atoms with van der Waals surface area (Å²) in [5, 5.41) is 0. The van der Waals surface area contributed by atoms with Gasteiger partial charge in [-0.3, -0.25) is 4.79 Å². The Morgan fingerprint density at radius 3 is 2.31 bits per heavy atom. The number of hydrogen-bond acceptors (Lipinski definition) is 6. The number of nitrogens with two attached hydrogens (primary N) is 1. The van der Waals surface area contributed by atoms with Crippen LogP contribution in [0.1, 0.15) is 42.6 Å². The average molecular weight is 399 g/mol. The fourth-order valence-corrected chi connectivity index (χ4v) is 3.06. The molecule has 2 aromatic carbocycles. The average Bonchev–Trinajstić information content (AvgIpc) is 2.73. The summed E-state index contributed by atoms with van der Waals surface area (Å²) in [4.78, 5) is 13.2. The van der Waals surface area contributed by atoms with Crippen molar-refractivity contribution in [2.75, 3.05) is 33.7 Å². The molecule has 0 aliphatic rings. The van der Waals surface area contributed by atoms with Crippen molar-refractivity contribution in [2.45, 2.75) is 26.7 Å². The van der Waals surface area contributed by atoms with Gasteiger partial charge in [-0.05, 0) is 43.7 Å². The minimum absolute atomic E-state index is 0.0922. The van der Waals surface area contributed by atoms with Crippen molar-refractivity contribution in [1.29, 1.82) is 0 Å². The predicted molar refractivity (Wildman–Crippen MR) is 115 cm³/mol. The Bertz CT molecular complexity index is 889. The van der Waals surface area contributed by atoms with Crippen molar-refractivity contribution in [2.24, 2.45) is 0 Å². The molecule has 0 aliphatic carbocycles. The zero-order valence-electron chi connectivity index (χ0n) is 17.7. The summed E-state index contributed by atoms with van der Waals surface area (Å²) in [6.45, 7) is 4.42. The molecule has 2 N–H and O–H groups in total. The quantitative estimate of drug-likeness (QED) is 0.352. The smallest absolute Gasteiger partial charge is 0.189 e. The number of carbonyl (C=O) groups is 1. The maximum Gasteiger partial charge on any atom is 0.189 e. The number of hydrogen-bond donors (Lipinski definition) is 1. The molecule has 29 heavy (non-hydrogen) atoms. The van der Waals surface area contributed by atoms with Crippen LogP contribution in [0, 0.1) is 0 Å². The Morgan fingerprint density at radius 1 is 1.00 bits per heavy atom. The number of anilines is 1. The maximum absolute atomic E-state index is 13.2.